The maximum absolute atomic E-state index is 13.1. The standard InChI is InChI=1S/C24H20N4O2S/c1-27(31(29,30)23-14-12-19(16-25)13-15-23)17-21-18-28(22-10-6-3-7-11-22)26-24(21)20-8-4-2-5-9-20/h2-15,18H,17H2,1H3. The quantitative estimate of drug-likeness (QED) is 0.460. The lowest BCUT2D eigenvalue weighted by Crippen LogP contribution is -2.26. The molecule has 0 saturated heterocycles. The Morgan fingerprint density at radius 1 is 0.935 bits per heavy atom. The van der Waals surface area contributed by atoms with Gasteiger partial charge in [-0.1, -0.05) is 48.5 Å². The first-order chi connectivity index (χ1) is 15.0. The third kappa shape index (κ3) is 4.26. The van der Waals surface area contributed by atoms with Crippen LogP contribution in [-0.2, 0) is 16.6 Å². The SMILES string of the molecule is CN(Cc1cn(-c2ccccc2)nc1-c1ccccc1)S(=O)(=O)c1ccc(C#N)cc1. The normalized spacial score (nSPS) is 11.4. The molecule has 7 heteroatoms. The minimum atomic E-state index is -3.73. The molecule has 0 atom stereocenters. The Bertz CT molecular complexity index is 1320. The number of hydrogen-bond acceptors (Lipinski definition) is 4. The van der Waals surface area contributed by atoms with E-state index in [0.717, 1.165) is 22.5 Å². The van der Waals surface area contributed by atoms with Crippen molar-refractivity contribution in [1.29, 1.82) is 5.26 Å². The van der Waals surface area contributed by atoms with E-state index in [0.29, 0.717) is 5.56 Å². The number of rotatable bonds is 6. The van der Waals surface area contributed by atoms with Crippen molar-refractivity contribution < 1.29 is 8.42 Å². The van der Waals surface area contributed by atoms with Crippen molar-refractivity contribution in [3.05, 3.63) is 102 Å². The predicted molar refractivity (Wildman–Crippen MR) is 119 cm³/mol. The highest BCUT2D eigenvalue weighted by Crippen LogP contribution is 2.26. The Hall–Kier alpha value is -3.73. The van der Waals surface area contributed by atoms with Crippen LogP contribution >= 0.6 is 0 Å². The van der Waals surface area contributed by atoms with E-state index in [1.807, 2.05) is 72.9 Å². The molecule has 0 N–H and O–H groups in total. The molecule has 154 valence electrons. The van der Waals surface area contributed by atoms with Crippen LogP contribution in [0.2, 0.25) is 0 Å². The van der Waals surface area contributed by atoms with Crippen molar-refractivity contribution in [1.82, 2.24) is 14.1 Å². The largest absolute Gasteiger partial charge is 0.243 e. The Labute approximate surface area is 181 Å². The summed E-state index contributed by atoms with van der Waals surface area (Å²) in [6, 6.07) is 27.3. The number of para-hydroxylation sites is 1. The minimum absolute atomic E-state index is 0.144. The van der Waals surface area contributed by atoms with Gasteiger partial charge in [0.05, 0.1) is 27.9 Å². The fourth-order valence-corrected chi connectivity index (χ4v) is 4.43. The monoisotopic (exact) mass is 428 g/mol. The van der Waals surface area contributed by atoms with E-state index in [-0.39, 0.29) is 11.4 Å². The second kappa shape index (κ2) is 8.56. The van der Waals surface area contributed by atoms with Crippen LogP contribution in [0.1, 0.15) is 11.1 Å². The number of hydrogen-bond donors (Lipinski definition) is 0. The first-order valence-electron chi connectivity index (χ1n) is 9.65. The molecule has 3 aromatic carbocycles. The van der Waals surface area contributed by atoms with Crippen molar-refractivity contribution in [2.24, 2.45) is 0 Å². The summed E-state index contributed by atoms with van der Waals surface area (Å²) >= 11 is 0. The summed E-state index contributed by atoms with van der Waals surface area (Å²) in [4.78, 5) is 0.144. The van der Waals surface area contributed by atoms with Gasteiger partial charge in [0.1, 0.15) is 0 Å². The predicted octanol–water partition coefficient (Wildman–Crippen LogP) is 4.23. The molecule has 4 rings (SSSR count). The highest BCUT2D eigenvalue weighted by Gasteiger charge is 2.23. The lowest BCUT2D eigenvalue weighted by molar-refractivity contribution is 0.467. The average Bonchev–Trinajstić information content (AvgIpc) is 3.24. The van der Waals surface area contributed by atoms with Gasteiger partial charge in [0.15, 0.2) is 0 Å². The Balaban J connectivity index is 1.71. The molecule has 0 bridgehead atoms. The van der Waals surface area contributed by atoms with Crippen molar-refractivity contribution >= 4 is 10.0 Å². The van der Waals surface area contributed by atoms with Crippen LogP contribution < -0.4 is 0 Å². The molecule has 6 nitrogen and oxygen atoms in total. The van der Waals surface area contributed by atoms with Crippen LogP contribution in [0.4, 0.5) is 0 Å². The zero-order valence-electron chi connectivity index (χ0n) is 16.9. The second-order valence-corrected chi connectivity index (χ2v) is 9.09. The molecular weight excluding hydrogens is 408 g/mol. The Morgan fingerprint density at radius 3 is 2.16 bits per heavy atom. The van der Waals surface area contributed by atoms with Gasteiger partial charge in [-0.05, 0) is 36.4 Å². The van der Waals surface area contributed by atoms with Crippen LogP contribution in [0.5, 0.6) is 0 Å². The topological polar surface area (TPSA) is 79.0 Å². The molecule has 1 aromatic heterocycles. The van der Waals surface area contributed by atoms with Gasteiger partial charge in [-0.25, -0.2) is 13.1 Å². The number of sulfonamides is 1. The van der Waals surface area contributed by atoms with E-state index in [4.69, 9.17) is 10.4 Å². The molecule has 1 heterocycles. The zero-order chi connectivity index (χ0) is 21.8. The van der Waals surface area contributed by atoms with Crippen LogP contribution in [0, 0.1) is 11.3 Å². The summed E-state index contributed by atoms with van der Waals surface area (Å²) < 4.78 is 29.2. The number of benzene rings is 3. The van der Waals surface area contributed by atoms with Crippen molar-refractivity contribution in [2.75, 3.05) is 7.05 Å². The summed E-state index contributed by atoms with van der Waals surface area (Å²) in [7, 11) is -2.19. The van der Waals surface area contributed by atoms with Crippen LogP contribution in [0.3, 0.4) is 0 Å². The van der Waals surface area contributed by atoms with Gasteiger partial charge in [0.25, 0.3) is 0 Å². The van der Waals surface area contributed by atoms with Crippen molar-refractivity contribution in [3.8, 4) is 23.0 Å². The van der Waals surface area contributed by atoms with Crippen LogP contribution in [-0.4, -0.2) is 29.6 Å². The smallest absolute Gasteiger partial charge is 0.240 e. The van der Waals surface area contributed by atoms with Gasteiger partial charge in [-0.3, -0.25) is 0 Å². The van der Waals surface area contributed by atoms with Crippen LogP contribution in [0.25, 0.3) is 16.9 Å². The van der Waals surface area contributed by atoms with Gasteiger partial charge < -0.3 is 0 Å². The molecule has 0 fully saturated rings. The minimum Gasteiger partial charge on any atom is -0.240 e. The third-order valence-corrected chi connectivity index (χ3v) is 6.76. The van der Waals surface area contributed by atoms with E-state index in [2.05, 4.69) is 0 Å². The van der Waals surface area contributed by atoms with E-state index >= 15 is 0 Å². The molecule has 0 aliphatic heterocycles. The Kier molecular flexibility index (Phi) is 5.67. The lowest BCUT2D eigenvalue weighted by atomic mass is 10.1. The summed E-state index contributed by atoms with van der Waals surface area (Å²) in [5.41, 5.74) is 3.73. The van der Waals surface area contributed by atoms with Gasteiger partial charge in [0, 0.05) is 30.9 Å². The highest BCUT2D eigenvalue weighted by molar-refractivity contribution is 7.89. The number of nitriles is 1. The molecule has 0 saturated carbocycles. The maximum Gasteiger partial charge on any atom is 0.243 e. The van der Waals surface area contributed by atoms with E-state index in [1.165, 1.54) is 28.6 Å². The fourth-order valence-electron chi connectivity index (χ4n) is 3.28. The molecule has 0 spiro atoms. The molecule has 0 unspecified atom stereocenters. The maximum atomic E-state index is 13.1. The van der Waals surface area contributed by atoms with E-state index < -0.39 is 10.0 Å². The summed E-state index contributed by atoms with van der Waals surface area (Å²) in [6.45, 7) is 0.152. The first kappa shape index (κ1) is 20.5. The first-order valence-corrected chi connectivity index (χ1v) is 11.1. The summed E-state index contributed by atoms with van der Waals surface area (Å²) in [5, 5.41) is 13.7. The van der Waals surface area contributed by atoms with Gasteiger partial charge in [0.2, 0.25) is 10.0 Å². The number of aromatic nitrogens is 2. The van der Waals surface area contributed by atoms with E-state index in [1.54, 1.807) is 11.7 Å². The fraction of sp³-hybridized carbons (Fsp3) is 0.0833. The molecule has 0 aliphatic carbocycles. The summed E-state index contributed by atoms with van der Waals surface area (Å²) in [5.74, 6) is 0. The molecule has 31 heavy (non-hydrogen) atoms. The average molecular weight is 429 g/mol. The highest BCUT2D eigenvalue weighted by atomic mass is 32.2. The van der Waals surface area contributed by atoms with Gasteiger partial charge in [-0.2, -0.15) is 14.7 Å². The van der Waals surface area contributed by atoms with E-state index in [9.17, 15) is 8.42 Å². The molecular formula is C24H20N4O2S. The second-order valence-electron chi connectivity index (χ2n) is 7.05. The Morgan fingerprint density at radius 2 is 1.55 bits per heavy atom. The third-order valence-electron chi connectivity index (χ3n) is 4.94. The van der Waals surface area contributed by atoms with Crippen molar-refractivity contribution in [3.63, 3.8) is 0 Å². The summed E-state index contributed by atoms with van der Waals surface area (Å²) in [6.07, 6.45) is 1.86. The van der Waals surface area contributed by atoms with Gasteiger partial charge in [-0.15, -0.1) is 0 Å². The molecule has 0 radical (unpaired) electrons. The van der Waals surface area contributed by atoms with Crippen LogP contribution in [0.15, 0.2) is 96.0 Å². The van der Waals surface area contributed by atoms with Crippen molar-refractivity contribution in [2.45, 2.75) is 11.4 Å². The lowest BCUT2D eigenvalue weighted by Gasteiger charge is -2.17. The van der Waals surface area contributed by atoms with Gasteiger partial charge >= 0.3 is 0 Å². The molecule has 0 amide bonds. The number of nitrogens with zero attached hydrogens (tertiary/aromatic N) is 4. The zero-order valence-corrected chi connectivity index (χ0v) is 17.7. The molecule has 0 aliphatic rings. The molecule has 4 aromatic rings.